The molecule has 0 spiro atoms. The van der Waals surface area contributed by atoms with Gasteiger partial charge in [-0.1, -0.05) is 23.7 Å². The molecule has 0 saturated heterocycles. The van der Waals surface area contributed by atoms with Crippen LogP contribution in [0.1, 0.15) is 11.6 Å². The lowest BCUT2D eigenvalue weighted by Crippen LogP contribution is -2.49. The molecular formula is C20H14ClF2N3O4. The van der Waals surface area contributed by atoms with Gasteiger partial charge in [0.25, 0.3) is 0 Å². The third kappa shape index (κ3) is 3.71. The molecule has 30 heavy (non-hydrogen) atoms. The number of amides is 3. The second kappa shape index (κ2) is 7.75. The van der Waals surface area contributed by atoms with Gasteiger partial charge in [0.2, 0.25) is 5.91 Å². The van der Waals surface area contributed by atoms with Crippen molar-refractivity contribution in [3.05, 3.63) is 76.0 Å². The Kier molecular flexibility index (Phi) is 5.13. The van der Waals surface area contributed by atoms with Crippen LogP contribution in [0.5, 0.6) is 0 Å². The molecule has 2 aromatic rings. The summed E-state index contributed by atoms with van der Waals surface area (Å²) in [6.07, 6.45) is 0. The average Bonchev–Trinajstić information content (AvgIpc) is 3.08. The molecule has 2 aromatic carbocycles. The van der Waals surface area contributed by atoms with Crippen molar-refractivity contribution in [1.29, 1.82) is 0 Å². The highest BCUT2D eigenvalue weighted by atomic mass is 35.5. The second-order valence-electron chi connectivity index (χ2n) is 6.63. The third-order valence-corrected chi connectivity index (χ3v) is 4.92. The van der Waals surface area contributed by atoms with Gasteiger partial charge in [-0.15, -0.1) is 0 Å². The maximum Gasteiger partial charge on any atom is 0.338 e. The van der Waals surface area contributed by atoms with Crippen LogP contribution in [0.25, 0.3) is 0 Å². The molecule has 0 unspecified atom stereocenters. The highest BCUT2D eigenvalue weighted by molar-refractivity contribution is 6.30. The standard InChI is InChI=1S/C20H14ClF2N3O4/c21-11-3-1-2-10(6-11)18-17-15(9-30-19(17)28)26(20(29)25-18)8-16(27)24-14-5-4-12(22)7-13(14)23/h1-7,18H,8-9H2,(H,24,27)(H,25,29)/t18-/m0/s1. The zero-order chi connectivity index (χ0) is 21.4. The van der Waals surface area contributed by atoms with Crippen molar-refractivity contribution in [2.45, 2.75) is 6.04 Å². The Hall–Kier alpha value is -3.46. The van der Waals surface area contributed by atoms with Gasteiger partial charge in [-0.25, -0.2) is 18.4 Å². The lowest BCUT2D eigenvalue weighted by molar-refractivity contribution is -0.136. The van der Waals surface area contributed by atoms with E-state index in [1.165, 1.54) is 0 Å². The molecule has 2 heterocycles. The summed E-state index contributed by atoms with van der Waals surface area (Å²) in [5, 5.41) is 5.37. The first-order valence-corrected chi connectivity index (χ1v) is 9.20. The lowest BCUT2D eigenvalue weighted by atomic mass is 9.96. The first kappa shape index (κ1) is 19.8. The number of ether oxygens (including phenoxy) is 1. The number of urea groups is 1. The summed E-state index contributed by atoms with van der Waals surface area (Å²) < 4.78 is 31.9. The zero-order valence-corrected chi connectivity index (χ0v) is 16.0. The van der Waals surface area contributed by atoms with Gasteiger partial charge in [-0.05, 0) is 29.8 Å². The van der Waals surface area contributed by atoms with Crippen molar-refractivity contribution in [2.24, 2.45) is 0 Å². The smallest absolute Gasteiger partial charge is 0.338 e. The van der Waals surface area contributed by atoms with E-state index >= 15 is 0 Å². The molecule has 0 aliphatic carbocycles. The van der Waals surface area contributed by atoms with Crippen LogP contribution in [-0.2, 0) is 14.3 Å². The first-order chi connectivity index (χ1) is 14.3. The van der Waals surface area contributed by atoms with Crippen molar-refractivity contribution in [2.75, 3.05) is 18.5 Å². The molecular weight excluding hydrogens is 420 g/mol. The van der Waals surface area contributed by atoms with Crippen LogP contribution >= 0.6 is 11.6 Å². The lowest BCUT2D eigenvalue weighted by Gasteiger charge is -2.32. The average molecular weight is 434 g/mol. The van der Waals surface area contributed by atoms with Gasteiger partial charge in [-0.3, -0.25) is 9.69 Å². The minimum atomic E-state index is -0.952. The Morgan fingerprint density at radius 2 is 2.03 bits per heavy atom. The summed E-state index contributed by atoms with van der Waals surface area (Å²) in [4.78, 5) is 38.4. The number of cyclic esters (lactones) is 1. The van der Waals surface area contributed by atoms with E-state index in [4.69, 9.17) is 16.3 Å². The van der Waals surface area contributed by atoms with Crippen LogP contribution in [-0.4, -0.2) is 36.0 Å². The predicted molar refractivity (Wildman–Crippen MR) is 102 cm³/mol. The minimum Gasteiger partial charge on any atom is -0.456 e. The Morgan fingerprint density at radius 1 is 1.23 bits per heavy atom. The van der Waals surface area contributed by atoms with Crippen molar-refractivity contribution in [1.82, 2.24) is 10.2 Å². The van der Waals surface area contributed by atoms with E-state index in [0.29, 0.717) is 16.7 Å². The summed E-state index contributed by atoms with van der Waals surface area (Å²) in [5.41, 5.74) is 0.782. The van der Waals surface area contributed by atoms with E-state index in [-0.39, 0.29) is 23.6 Å². The van der Waals surface area contributed by atoms with E-state index in [1.807, 2.05) is 0 Å². The van der Waals surface area contributed by atoms with Crippen molar-refractivity contribution in [3.8, 4) is 0 Å². The summed E-state index contributed by atoms with van der Waals surface area (Å²) in [5.74, 6) is -3.09. The molecule has 0 radical (unpaired) electrons. The third-order valence-electron chi connectivity index (χ3n) is 4.69. The van der Waals surface area contributed by atoms with Gasteiger partial charge in [0.1, 0.15) is 24.8 Å². The molecule has 2 aliphatic heterocycles. The Balaban J connectivity index is 1.60. The number of halogens is 3. The fraction of sp³-hybridized carbons (Fsp3) is 0.150. The molecule has 2 N–H and O–H groups in total. The van der Waals surface area contributed by atoms with E-state index in [0.717, 1.165) is 17.0 Å². The molecule has 3 amide bonds. The molecule has 0 bridgehead atoms. The minimum absolute atomic E-state index is 0.184. The number of carbonyl (C=O) groups excluding carboxylic acids is 3. The number of nitrogens with one attached hydrogen (secondary N) is 2. The fourth-order valence-electron chi connectivity index (χ4n) is 3.34. The van der Waals surface area contributed by atoms with Crippen molar-refractivity contribution >= 4 is 35.2 Å². The topological polar surface area (TPSA) is 87.7 Å². The van der Waals surface area contributed by atoms with Gasteiger partial charge in [0.05, 0.1) is 23.0 Å². The second-order valence-corrected chi connectivity index (χ2v) is 7.07. The van der Waals surface area contributed by atoms with Crippen LogP contribution in [0.3, 0.4) is 0 Å². The highest BCUT2D eigenvalue weighted by Gasteiger charge is 2.42. The number of esters is 1. The number of carbonyl (C=O) groups is 3. The van der Waals surface area contributed by atoms with Gasteiger partial charge >= 0.3 is 12.0 Å². The molecule has 1 atom stereocenters. The van der Waals surface area contributed by atoms with Gasteiger partial charge < -0.3 is 15.4 Å². The van der Waals surface area contributed by atoms with Crippen molar-refractivity contribution < 1.29 is 27.9 Å². The van der Waals surface area contributed by atoms with E-state index < -0.39 is 42.1 Å². The van der Waals surface area contributed by atoms with E-state index in [9.17, 15) is 23.2 Å². The Morgan fingerprint density at radius 3 is 2.77 bits per heavy atom. The Labute approximate surface area is 174 Å². The quantitative estimate of drug-likeness (QED) is 0.725. The van der Waals surface area contributed by atoms with Crippen LogP contribution in [0.2, 0.25) is 5.02 Å². The predicted octanol–water partition coefficient (Wildman–Crippen LogP) is 3.13. The number of hydrogen-bond acceptors (Lipinski definition) is 4. The molecule has 0 aromatic heterocycles. The normalized spacial score (nSPS) is 18.1. The maximum absolute atomic E-state index is 13.8. The summed E-state index contributed by atoms with van der Waals surface area (Å²) in [7, 11) is 0. The number of nitrogens with zero attached hydrogens (tertiary/aromatic N) is 1. The summed E-state index contributed by atoms with van der Waals surface area (Å²) >= 11 is 6.01. The maximum atomic E-state index is 13.8. The van der Waals surface area contributed by atoms with Gasteiger partial charge in [0, 0.05) is 11.1 Å². The molecule has 2 aliphatic rings. The Bertz CT molecular complexity index is 1110. The molecule has 0 fully saturated rings. The van der Waals surface area contributed by atoms with E-state index in [2.05, 4.69) is 10.6 Å². The monoisotopic (exact) mass is 433 g/mol. The number of hydrogen-bond donors (Lipinski definition) is 2. The fourth-order valence-corrected chi connectivity index (χ4v) is 3.54. The van der Waals surface area contributed by atoms with Crippen LogP contribution in [0.4, 0.5) is 19.3 Å². The first-order valence-electron chi connectivity index (χ1n) is 8.82. The summed E-state index contributed by atoms with van der Waals surface area (Å²) in [6.45, 7) is -0.683. The van der Waals surface area contributed by atoms with Crippen LogP contribution in [0.15, 0.2) is 53.7 Å². The molecule has 4 rings (SSSR count). The molecule has 7 nitrogen and oxygen atoms in total. The SMILES string of the molecule is O=C(CN1C(=O)N[C@@H](c2cccc(Cl)c2)C2=C1COC2=O)Nc1ccc(F)cc1F. The van der Waals surface area contributed by atoms with Crippen LogP contribution in [0, 0.1) is 11.6 Å². The van der Waals surface area contributed by atoms with Gasteiger partial charge in [0.15, 0.2) is 0 Å². The largest absolute Gasteiger partial charge is 0.456 e. The molecule has 0 saturated carbocycles. The van der Waals surface area contributed by atoms with E-state index in [1.54, 1.807) is 24.3 Å². The van der Waals surface area contributed by atoms with Gasteiger partial charge in [-0.2, -0.15) is 0 Å². The number of benzene rings is 2. The zero-order valence-electron chi connectivity index (χ0n) is 15.2. The van der Waals surface area contributed by atoms with Crippen LogP contribution < -0.4 is 10.6 Å². The number of anilines is 1. The van der Waals surface area contributed by atoms with Crippen molar-refractivity contribution in [3.63, 3.8) is 0 Å². The summed E-state index contributed by atoms with van der Waals surface area (Å²) in [6, 6.07) is 7.93. The molecule has 10 heteroatoms. The molecule has 154 valence electrons. The highest BCUT2D eigenvalue weighted by Crippen LogP contribution is 2.35. The number of rotatable bonds is 4.